The number of allylic oxidation sites excluding steroid dienone is 1. The van der Waals surface area contributed by atoms with Crippen LogP contribution in [0.15, 0.2) is 11.6 Å². The van der Waals surface area contributed by atoms with Crippen LogP contribution in [-0.4, -0.2) is 31.1 Å². The number of carbonyl (C=O) groups excluding carboxylic acids is 1. The maximum Gasteiger partial charge on any atom is 0.302 e. The number of esters is 1. The highest BCUT2D eigenvalue weighted by Crippen LogP contribution is 2.67. The first-order chi connectivity index (χ1) is 16.6. The van der Waals surface area contributed by atoms with Crippen molar-refractivity contribution in [2.75, 3.05) is 13.2 Å². The molecule has 4 nitrogen and oxygen atoms in total. The van der Waals surface area contributed by atoms with Gasteiger partial charge in [0.05, 0.1) is 13.2 Å². The van der Waals surface area contributed by atoms with Gasteiger partial charge in [-0.15, -0.1) is 0 Å². The molecule has 1 heterocycles. The Hall–Kier alpha value is -0.870. The number of hydrogen-bond acceptors (Lipinski definition) is 4. The van der Waals surface area contributed by atoms with Crippen molar-refractivity contribution >= 4 is 5.97 Å². The van der Waals surface area contributed by atoms with Crippen LogP contribution in [0.2, 0.25) is 0 Å². The minimum atomic E-state index is -0.427. The maximum absolute atomic E-state index is 11.6. The van der Waals surface area contributed by atoms with Gasteiger partial charge in [-0.05, 0) is 98.2 Å². The predicted octanol–water partition coefficient (Wildman–Crippen LogP) is 7.31. The van der Waals surface area contributed by atoms with Gasteiger partial charge < -0.3 is 14.2 Å². The number of hydrogen-bond donors (Lipinski definition) is 0. The summed E-state index contributed by atoms with van der Waals surface area (Å²) >= 11 is 0. The number of rotatable bonds is 6. The molecule has 4 fully saturated rings. The highest BCUT2D eigenvalue weighted by molar-refractivity contribution is 5.66. The van der Waals surface area contributed by atoms with Crippen molar-refractivity contribution in [2.45, 2.75) is 118 Å². The van der Waals surface area contributed by atoms with Gasteiger partial charge in [0.1, 0.15) is 6.10 Å². The Morgan fingerprint density at radius 2 is 1.80 bits per heavy atom. The smallest absolute Gasteiger partial charge is 0.302 e. The zero-order valence-corrected chi connectivity index (χ0v) is 23.2. The van der Waals surface area contributed by atoms with E-state index in [4.69, 9.17) is 14.2 Å². The zero-order chi connectivity index (χ0) is 25.0. The summed E-state index contributed by atoms with van der Waals surface area (Å²) in [5.41, 5.74) is 2.32. The molecule has 4 aliphatic carbocycles. The Balaban J connectivity index is 1.32. The van der Waals surface area contributed by atoms with Crippen molar-refractivity contribution in [3.05, 3.63) is 11.6 Å². The van der Waals surface area contributed by atoms with E-state index in [0.29, 0.717) is 23.2 Å². The van der Waals surface area contributed by atoms with Crippen LogP contribution in [0.4, 0.5) is 0 Å². The summed E-state index contributed by atoms with van der Waals surface area (Å²) in [6.07, 6.45) is 14.8. The van der Waals surface area contributed by atoms with E-state index in [-0.39, 0.29) is 17.5 Å². The van der Waals surface area contributed by atoms with Crippen LogP contribution in [0, 0.1) is 46.3 Å². The first-order valence-electron chi connectivity index (χ1n) is 14.7. The van der Waals surface area contributed by atoms with E-state index in [9.17, 15) is 4.79 Å². The van der Waals surface area contributed by atoms with Crippen LogP contribution in [0.5, 0.6) is 0 Å². The lowest BCUT2D eigenvalue weighted by Crippen LogP contribution is -2.54. The van der Waals surface area contributed by atoms with Crippen LogP contribution in [0.1, 0.15) is 106 Å². The monoisotopic (exact) mass is 486 g/mol. The first kappa shape index (κ1) is 25.8. The standard InChI is InChI=1S/C31H50O4/c1-20(2)11-16-31(33-17-18-34-31)21(3)26-9-10-27-25-8-7-23-19-24(35-22(4)32)12-14-29(23,5)28(25)13-15-30(26,27)6/h9,20-21,23-25,27-28H,7-8,10-19H2,1-6H3/t21-,23-,24-,25-,27-,28-,29-,30+/m0/s1. The number of fused-ring (bicyclic) bond motifs is 5. The van der Waals surface area contributed by atoms with Gasteiger partial charge >= 0.3 is 5.97 Å². The van der Waals surface area contributed by atoms with Gasteiger partial charge in [-0.1, -0.05) is 46.3 Å². The lowest BCUT2D eigenvalue weighted by atomic mass is 9.44. The molecule has 0 radical (unpaired) electrons. The highest BCUT2D eigenvalue weighted by atomic mass is 16.7. The summed E-state index contributed by atoms with van der Waals surface area (Å²) in [6.45, 7) is 15.2. The Morgan fingerprint density at radius 1 is 1.06 bits per heavy atom. The second kappa shape index (κ2) is 9.46. The molecule has 0 aromatic heterocycles. The second-order valence-electron chi connectivity index (χ2n) is 13.7. The topological polar surface area (TPSA) is 44.8 Å². The lowest BCUT2D eigenvalue weighted by molar-refractivity contribution is -0.194. The minimum Gasteiger partial charge on any atom is -0.463 e. The largest absolute Gasteiger partial charge is 0.463 e. The molecule has 0 unspecified atom stereocenters. The average molecular weight is 487 g/mol. The van der Waals surface area contributed by atoms with E-state index in [0.717, 1.165) is 56.7 Å². The second-order valence-corrected chi connectivity index (χ2v) is 13.7. The molecule has 0 spiro atoms. The third-order valence-corrected chi connectivity index (χ3v) is 11.6. The molecule has 198 valence electrons. The molecular formula is C31H50O4. The predicted molar refractivity (Wildman–Crippen MR) is 139 cm³/mol. The van der Waals surface area contributed by atoms with Gasteiger partial charge in [-0.25, -0.2) is 0 Å². The summed E-state index contributed by atoms with van der Waals surface area (Å²) in [7, 11) is 0. The molecule has 1 saturated heterocycles. The van der Waals surface area contributed by atoms with Crippen LogP contribution in [-0.2, 0) is 19.0 Å². The van der Waals surface area contributed by atoms with Crippen molar-refractivity contribution < 1.29 is 19.0 Å². The summed E-state index contributed by atoms with van der Waals surface area (Å²) in [4.78, 5) is 11.6. The van der Waals surface area contributed by atoms with E-state index in [2.05, 4.69) is 40.7 Å². The van der Waals surface area contributed by atoms with Crippen LogP contribution in [0.25, 0.3) is 0 Å². The third-order valence-electron chi connectivity index (χ3n) is 11.6. The SMILES string of the molecule is CC(=O)O[C@H]1CC[C@@]2(C)[C@@H](CC[C@@H]3[C@@H]2CC[C@]2(C)C([C@H](C)C4(CCC(C)C)OCCO4)=CC[C@@H]32)C1. The quantitative estimate of drug-likeness (QED) is 0.292. The van der Waals surface area contributed by atoms with E-state index in [1.54, 1.807) is 12.5 Å². The number of carbonyl (C=O) groups is 1. The summed E-state index contributed by atoms with van der Waals surface area (Å²) in [6, 6.07) is 0. The summed E-state index contributed by atoms with van der Waals surface area (Å²) in [5.74, 6) is 3.54. The first-order valence-corrected chi connectivity index (χ1v) is 14.7. The molecule has 8 atom stereocenters. The van der Waals surface area contributed by atoms with Crippen LogP contribution < -0.4 is 0 Å². The molecule has 1 aliphatic heterocycles. The molecule has 4 heteroatoms. The van der Waals surface area contributed by atoms with Crippen molar-refractivity contribution in [1.82, 2.24) is 0 Å². The van der Waals surface area contributed by atoms with Gasteiger partial charge in [-0.2, -0.15) is 0 Å². The number of ether oxygens (including phenoxy) is 3. The van der Waals surface area contributed by atoms with Crippen LogP contribution >= 0.6 is 0 Å². The van der Waals surface area contributed by atoms with Crippen molar-refractivity contribution in [3.63, 3.8) is 0 Å². The molecule has 3 saturated carbocycles. The van der Waals surface area contributed by atoms with Gasteiger partial charge in [0.2, 0.25) is 0 Å². The van der Waals surface area contributed by atoms with E-state index in [1.165, 1.54) is 38.5 Å². The van der Waals surface area contributed by atoms with E-state index < -0.39 is 5.79 Å². The fourth-order valence-electron chi connectivity index (χ4n) is 9.64. The minimum absolute atomic E-state index is 0.110. The van der Waals surface area contributed by atoms with Gasteiger partial charge in [0, 0.05) is 19.3 Å². The molecule has 0 bridgehead atoms. The Labute approximate surface area is 213 Å². The summed E-state index contributed by atoms with van der Waals surface area (Å²) in [5, 5.41) is 0. The van der Waals surface area contributed by atoms with Gasteiger partial charge in [0.15, 0.2) is 5.79 Å². The van der Waals surface area contributed by atoms with Crippen molar-refractivity contribution in [3.8, 4) is 0 Å². The summed E-state index contributed by atoms with van der Waals surface area (Å²) < 4.78 is 18.5. The fraction of sp³-hybridized carbons (Fsp3) is 0.903. The molecular weight excluding hydrogens is 436 g/mol. The highest BCUT2D eigenvalue weighted by Gasteiger charge is 2.60. The third kappa shape index (κ3) is 4.33. The van der Waals surface area contributed by atoms with Gasteiger partial charge in [0.25, 0.3) is 0 Å². The zero-order valence-electron chi connectivity index (χ0n) is 23.2. The normalized spacial score (nSPS) is 43.2. The Morgan fingerprint density at radius 3 is 2.49 bits per heavy atom. The Kier molecular flexibility index (Phi) is 6.96. The lowest BCUT2D eigenvalue weighted by Gasteiger charge is -2.61. The molecule has 0 aromatic rings. The molecule has 0 aromatic carbocycles. The Bertz CT molecular complexity index is 826. The fourth-order valence-corrected chi connectivity index (χ4v) is 9.64. The molecule has 5 aliphatic rings. The van der Waals surface area contributed by atoms with E-state index in [1.807, 2.05) is 0 Å². The molecule has 5 rings (SSSR count). The van der Waals surface area contributed by atoms with Crippen molar-refractivity contribution in [2.24, 2.45) is 46.3 Å². The van der Waals surface area contributed by atoms with Gasteiger partial charge in [-0.3, -0.25) is 4.79 Å². The molecule has 0 amide bonds. The van der Waals surface area contributed by atoms with E-state index >= 15 is 0 Å². The van der Waals surface area contributed by atoms with Crippen LogP contribution in [0.3, 0.4) is 0 Å². The van der Waals surface area contributed by atoms with Crippen molar-refractivity contribution in [1.29, 1.82) is 0 Å². The molecule has 35 heavy (non-hydrogen) atoms. The average Bonchev–Trinajstić information content (AvgIpc) is 3.42. The molecule has 0 N–H and O–H groups in total. The maximum atomic E-state index is 11.6.